The summed E-state index contributed by atoms with van der Waals surface area (Å²) in [5.74, 6) is 0. The van der Waals surface area contributed by atoms with Gasteiger partial charge in [0, 0.05) is 10.6 Å². The zero-order valence-electron chi connectivity index (χ0n) is 8.53. The zero-order chi connectivity index (χ0) is 10.5. The molecular weight excluding hydrogens is 210 g/mol. The second kappa shape index (κ2) is 5.17. The first kappa shape index (κ1) is 10.5. The molecule has 0 aromatic heterocycles. The van der Waals surface area contributed by atoms with Crippen LogP contribution in [0.5, 0.6) is 0 Å². The van der Waals surface area contributed by atoms with Crippen molar-refractivity contribution in [2.24, 2.45) is 5.16 Å². The van der Waals surface area contributed by atoms with Crippen molar-refractivity contribution in [3.8, 4) is 0 Å². The highest BCUT2D eigenvalue weighted by molar-refractivity contribution is 6.33. The van der Waals surface area contributed by atoms with Crippen LogP contribution in [0.1, 0.15) is 31.2 Å². The summed E-state index contributed by atoms with van der Waals surface area (Å²) in [6.07, 6.45) is 6.75. The summed E-state index contributed by atoms with van der Waals surface area (Å²) in [5.41, 5.74) is 0.900. The zero-order valence-corrected chi connectivity index (χ0v) is 9.28. The Bertz CT molecular complexity index is 345. The van der Waals surface area contributed by atoms with Crippen LogP contribution < -0.4 is 0 Å². The first-order valence-electron chi connectivity index (χ1n) is 5.30. The fraction of sp³-hybridized carbons (Fsp3) is 0.417. The van der Waals surface area contributed by atoms with E-state index in [1.165, 1.54) is 12.8 Å². The number of oxime groups is 1. The molecule has 15 heavy (non-hydrogen) atoms. The molecule has 80 valence electrons. The molecule has 0 unspecified atom stereocenters. The lowest BCUT2D eigenvalue weighted by Crippen LogP contribution is -2.02. The Labute approximate surface area is 94.9 Å². The predicted octanol–water partition coefficient (Wildman–Crippen LogP) is 3.63. The van der Waals surface area contributed by atoms with Gasteiger partial charge in [0.25, 0.3) is 0 Å². The van der Waals surface area contributed by atoms with Gasteiger partial charge in [0.2, 0.25) is 0 Å². The molecule has 1 aromatic carbocycles. The molecule has 0 bridgehead atoms. The fourth-order valence-electron chi connectivity index (χ4n) is 1.75. The molecule has 1 aliphatic rings. The number of hydrogen-bond acceptors (Lipinski definition) is 2. The molecule has 1 aromatic rings. The highest BCUT2D eigenvalue weighted by atomic mass is 35.5. The summed E-state index contributed by atoms with van der Waals surface area (Å²) >= 11 is 5.97. The normalized spacial score (nSPS) is 17.4. The fourth-order valence-corrected chi connectivity index (χ4v) is 1.93. The summed E-state index contributed by atoms with van der Waals surface area (Å²) in [4.78, 5) is 5.37. The van der Waals surface area contributed by atoms with E-state index in [2.05, 4.69) is 5.16 Å². The second-order valence-electron chi connectivity index (χ2n) is 3.77. The van der Waals surface area contributed by atoms with E-state index in [9.17, 15) is 0 Å². The third kappa shape index (κ3) is 2.96. The quantitative estimate of drug-likeness (QED) is 0.567. The van der Waals surface area contributed by atoms with Gasteiger partial charge in [-0.15, -0.1) is 0 Å². The van der Waals surface area contributed by atoms with Gasteiger partial charge >= 0.3 is 0 Å². The van der Waals surface area contributed by atoms with Crippen molar-refractivity contribution >= 4 is 17.8 Å². The second-order valence-corrected chi connectivity index (χ2v) is 4.18. The van der Waals surface area contributed by atoms with Crippen LogP contribution in [0.15, 0.2) is 29.4 Å². The largest absolute Gasteiger partial charge is 0.393 e. The van der Waals surface area contributed by atoms with Gasteiger partial charge in [-0.1, -0.05) is 35.0 Å². The number of benzene rings is 1. The topological polar surface area (TPSA) is 21.6 Å². The molecule has 1 saturated carbocycles. The number of nitrogens with zero attached hydrogens (tertiary/aromatic N) is 1. The van der Waals surface area contributed by atoms with Gasteiger partial charge in [-0.2, -0.15) is 0 Å². The third-order valence-corrected chi connectivity index (χ3v) is 2.95. The van der Waals surface area contributed by atoms with Gasteiger partial charge < -0.3 is 4.84 Å². The maximum atomic E-state index is 5.97. The molecule has 0 N–H and O–H groups in total. The van der Waals surface area contributed by atoms with E-state index in [-0.39, 0.29) is 0 Å². The maximum Gasteiger partial charge on any atom is 0.127 e. The smallest absolute Gasteiger partial charge is 0.127 e. The minimum Gasteiger partial charge on any atom is -0.393 e. The van der Waals surface area contributed by atoms with Gasteiger partial charge in [-0.3, -0.25) is 0 Å². The van der Waals surface area contributed by atoms with E-state index >= 15 is 0 Å². The standard InChI is InChI=1S/C12H14ClNO/c13-12-8-4-1-5-10(12)9-14-15-11-6-2-3-7-11/h1,4-5,8-9,11H,2-3,6-7H2. The van der Waals surface area contributed by atoms with Crippen molar-refractivity contribution in [3.63, 3.8) is 0 Å². The van der Waals surface area contributed by atoms with Crippen LogP contribution in [0, 0.1) is 0 Å². The van der Waals surface area contributed by atoms with Crippen LogP contribution in [0.2, 0.25) is 5.02 Å². The van der Waals surface area contributed by atoms with Gasteiger partial charge in [0.05, 0.1) is 6.21 Å². The molecule has 0 saturated heterocycles. The lowest BCUT2D eigenvalue weighted by Gasteiger charge is -2.05. The molecule has 0 heterocycles. The molecule has 0 atom stereocenters. The average Bonchev–Trinajstić information content (AvgIpc) is 2.74. The number of rotatable bonds is 3. The highest BCUT2D eigenvalue weighted by Gasteiger charge is 2.15. The summed E-state index contributed by atoms with van der Waals surface area (Å²) in [6, 6.07) is 7.60. The molecule has 2 rings (SSSR count). The van der Waals surface area contributed by atoms with E-state index in [1.807, 2.05) is 24.3 Å². The highest BCUT2D eigenvalue weighted by Crippen LogP contribution is 2.21. The first-order chi connectivity index (χ1) is 7.36. The number of hydrogen-bond donors (Lipinski definition) is 0. The Kier molecular flexibility index (Phi) is 3.62. The van der Waals surface area contributed by atoms with Crippen LogP contribution >= 0.6 is 11.6 Å². The molecule has 3 heteroatoms. The van der Waals surface area contributed by atoms with E-state index in [0.29, 0.717) is 11.1 Å². The van der Waals surface area contributed by atoms with E-state index < -0.39 is 0 Å². The van der Waals surface area contributed by atoms with Crippen molar-refractivity contribution in [1.29, 1.82) is 0 Å². The van der Waals surface area contributed by atoms with E-state index in [1.54, 1.807) is 6.21 Å². The molecule has 1 aliphatic carbocycles. The van der Waals surface area contributed by atoms with E-state index in [4.69, 9.17) is 16.4 Å². The molecule has 2 nitrogen and oxygen atoms in total. The maximum absolute atomic E-state index is 5.97. The van der Waals surface area contributed by atoms with E-state index in [0.717, 1.165) is 18.4 Å². The Morgan fingerprint density at radius 1 is 1.27 bits per heavy atom. The molecule has 0 aliphatic heterocycles. The summed E-state index contributed by atoms with van der Waals surface area (Å²) in [6.45, 7) is 0. The van der Waals surface area contributed by atoms with Gasteiger partial charge in [-0.05, 0) is 31.7 Å². The number of halogens is 1. The van der Waals surface area contributed by atoms with Crippen LogP contribution in [-0.4, -0.2) is 12.3 Å². The Morgan fingerprint density at radius 3 is 2.73 bits per heavy atom. The van der Waals surface area contributed by atoms with Crippen molar-refractivity contribution in [2.75, 3.05) is 0 Å². The predicted molar refractivity (Wildman–Crippen MR) is 62.4 cm³/mol. The van der Waals surface area contributed by atoms with Gasteiger partial charge in [0.15, 0.2) is 0 Å². The summed E-state index contributed by atoms with van der Waals surface area (Å²) in [5, 5.41) is 4.68. The lowest BCUT2D eigenvalue weighted by atomic mass is 10.2. The third-order valence-electron chi connectivity index (χ3n) is 2.61. The minimum atomic E-state index is 0.309. The van der Waals surface area contributed by atoms with Gasteiger partial charge in [0.1, 0.15) is 6.10 Å². The van der Waals surface area contributed by atoms with Crippen LogP contribution in [0.3, 0.4) is 0 Å². The van der Waals surface area contributed by atoms with Crippen molar-refractivity contribution in [3.05, 3.63) is 34.9 Å². The molecule has 1 fully saturated rings. The summed E-state index contributed by atoms with van der Waals surface area (Å²) in [7, 11) is 0. The first-order valence-corrected chi connectivity index (χ1v) is 5.68. The van der Waals surface area contributed by atoms with Crippen LogP contribution in [0.25, 0.3) is 0 Å². The Morgan fingerprint density at radius 2 is 2.00 bits per heavy atom. The van der Waals surface area contributed by atoms with Gasteiger partial charge in [-0.25, -0.2) is 0 Å². The van der Waals surface area contributed by atoms with Crippen molar-refractivity contribution < 1.29 is 4.84 Å². The Hall–Kier alpha value is -1.02. The SMILES string of the molecule is Clc1ccccc1C=NOC1CCCC1. The van der Waals surface area contributed by atoms with Crippen LogP contribution in [-0.2, 0) is 4.84 Å². The monoisotopic (exact) mass is 223 g/mol. The van der Waals surface area contributed by atoms with Crippen molar-refractivity contribution in [1.82, 2.24) is 0 Å². The molecule has 0 amide bonds. The lowest BCUT2D eigenvalue weighted by molar-refractivity contribution is 0.0657. The molecule has 0 spiro atoms. The van der Waals surface area contributed by atoms with Crippen LogP contribution in [0.4, 0.5) is 0 Å². The average molecular weight is 224 g/mol. The minimum absolute atomic E-state index is 0.309. The Balaban J connectivity index is 1.90. The summed E-state index contributed by atoms with van der Waals surface area (Å²) < 4.78 is 0. The van der Waals surface area contributed by atoms with Crippen molar-refractivity contribution in [2.45, 2.75) is 31.8 Å². The molecular formula is C12H14ClNO. The molecule has 0 radical (unpaired) electrons.